The Labute approximate surface area is 139 Å². The van der Waals surface area contributed by atoms with Gasteiger partial charge in [-0.1, -0.05) is 30.3 Å². The van der Waals surface area contributed by atoms with E-state index < -0.39 is 0 Å². The molecule has 130 valence electrons. The summed E-state index contributed by atoms with van der Waals surface area (Å²) in [5, 5.41) is 8.74. The average Bonchev–Trinajstić information content (AvgIpc) is 2.50. The highest BCUT2D eigenvalue weighted by Crippen LogP contribution is 2.08. The highest BCUT2D eigenvalue weighted by Gasteiger charge is 1.93. The summed E-state index contributed by atoms with van der Waals surface area (Å²) >= 11 is 1.43. The summed E-state index contributed by atoms with van der Waals surface area (Å²) in [4.78, 5) is 10.7. The molecule has 0 spiro atoms. The van der Waals surface area contributed by atoms with Crippen molar-refractivity contribution >= 4 is 16.9 Å². The van der Waals surface area contributed by atoms with Crippen molar-refractivity contribution < 1.29 is 19.4 Å². The highest BCUT2D eigenvalue weighted by molar-refractivity contribution is 8.13. The minimum atomic E-state index is 0.0731. The van der Waals surface area contributed by atoms with E-state index in [9.17, 15) is 4.79 Å². The second-order valence-corrected chi connectivity index (χ2v) is 6.38. The minimum Gasteiger partial charge on any atom is -0.394 e. The Hall–Kier alpha value is -0.360. The van der Waals surface area contributed by atoms with Crippen LogP contribution in [0.15, 0.2) is 12.2 Å². The van der Waals surface area contributed by atoms with Crippen molar-refractivity contribution in [2.45, 2.75) is 51.9 Å². The number of hydrogen-bond donors (Lipinski definition) is 1. The van der Waals surface area contributed by atoms with E-state index in [2.05, 4.69) is 12.2 Å². The lowest BCUT2D eigenvalue weighted by atomic mass is 10.1. The Balaban J connectivity index is 3.07. The largest absolute Gasteiger partial charge is 0.394 e. The molecule has 1 N–H and O–H groups in total. The van der Waals surface area contributed by atoms with E-state index in [1.54, 1.807) is 6.92 Å². The van der Waals surface area contributed by atoms with E-state index in [0.717, 1.165) is 44.5 Å². The van der Waals surface area contributed by atoms with E-state index in [0.29, 0.717) is 19.8 Å². The van der Waals surface area contributed by atoms with Gasteiger partial charge in [-0.25, -0.2) is 0 Å². The van der Waals surface area contributed by atoms with Gasteiger partial charge in [0.1, 0.15) is 0 Å². The van der Waals surface area contributed by atoms with Gasteiger partial charge in [0.05, 0.1) is 26.4 Å². The number of ether oxygens (including phenoxy) is 2. The van der Waals surface area contributed by atoms with Crippen LogP contribution in [-0.2, 0) is 14.3 Å². The molecule has 0 aliphatic heterocycles. The second-order valence-electron chi connectivity index (χ2n) is 5.10. The molecular formula is C17H32O4S. The number of unbranched alkanes of at least 4 members (excludes halogenated alkanes) is 5. The zero-order valence-electron chi connectivity index (χ0n) is 13.9. The number of thioether (sulfide) groups is 1. The Morgan fingerprint density at radius 1 is 0.909 bits per heavy atom. The number of carbonyl (C=O) groups is 1. The molecule has 0 amide bonds. The predicted molar refractivity (Wildman–Crippen MR) is 93.3 cm³/mol. The van der Waals surface area contributed by atoms with Gasteiger partial charge in [0.15, 0.2) is 5.12 Å². The molecule has 0 aromatic heterocycles. The summed E-state index contributed by atoms with van der Waals surface area (Å²) in [6.45, 7) is 4.05. The lowest BCUT2D eigenvalue weighted by molar-refractivity contribution is -0.109. The molecule has 0 rings (SSSR count). The van der Waals surface area contributed by atoms with Crippen molar-refractivity contribution in [3.05, 3.63) is 12.2 Å². The van der Waals surface area contributed by atoms with Crippen LogP contribution in [-0.4, -0.2) is 49.0 Å². The Morgan fingerprint density at radius 2 is 1.55 bits per heavy atom. The molecule has 0 heterocycles. The molecule has 5 heteroatoms. The van der Waals surface area contributed by atoms with E-state index >= 15 is 0 Å². The van der Waals surface area contributed by atoms with Crippen LogP contribution in [0.1, 0.15) is 51.9 Å². The molecule has 0 aromatic rings. The van der Waals surface area contributed by atoms with Gasteiger partial charge in [0.2, 0.25) is 0 Å². The maximum absolute atomic E-state index is 10.7. The fourth-order valence-corrected chi connectivity index (χ4v) is 2.48. The molecule has 4 nitrogen and oxygen atoms in total. The monoisotopic (exact) mass is 332 g/mol. The van der Waals surface area contributed by atoms with Gasteiger partial charge in [-0.05, 0) is 38.5 Å². The minimum absolute atomic E-state index is 0.0731. The van der Waals surface area contributed by atoms with Crippen LogP contribution in [0.3, 0.4) is 0 Å². The second kappa shape index (κ2) is 18.7. The summed E-state index contributed by atoms with van der Waals surface area (Å²) in [6.07, 6.45) is 12.6. The molecule has 22 heavy (non-hydrogen) atoms. The van der Waals surface area contributed by atoms with Crippen molar-refractivity contribution in [2.24, 2.45) is 0 Å². The molecule has 0 atom stereocenters. The van der Waals surface area contributed by atoms with Crippen molar-refractivity contribution in [3.8, 4) is 0 Å². The molecule has 0 bridgehead atoms. The van der Waals surface area contributed by atoms with Crippen LogP contribution in [0.25, 0.3) is 0 Å². The molecule has 0 aliphatic rings. The molecular weight excluding hydrogens is 300 g/mol. The third-order valence-electron chi connectivity index (χ3n) is 3.00. The average molecular weight is 333 g/mol. The normalized spacial score (nSPS) is 11.4. The topological polar surface area (TPSA) is 55.8 Å². The molecule has 0 saturated heterocycles. The zero-order chi connectivity index (χ0) is 16.3. The number of aliphatic hydroxyl groups is 1. The first-order valence-electron chi connectivity index (χ1n) is 8.32. The molecule has 0 fully saturated rings. The number of rotatable bonds is 16. The fraction of sp³-hybridized carbons (Fsp3) is 0.824. The van der Waals surface area contributed by atoms with E-state index in [-0.39, 0.29) is 11.7 Å². The lowest BCUT2D eigenvalue weighted by Gasteiger charge is -2.04. The summed E-state index contributed by atoms with van der Waals surface area (Å²) < 4.78 is 10.5. The van der Waals surface area contributed by atoms with Crippen molar-refractivity contribution in [1.82, 2.24) is 0 Å². The van der Waals surface area contributed by atoms with Gasteiger partial charge < -0.3 is 14.6 Å². The van der Waals surface area contributed by atoms with Crippen LogP contribution in [0.2, 0.25) is 0 Å². The Kier molecular flexibility index (Phi) is 18.4. The van der Waals surface area contributed by atoms with Gasteiger partial charge in [-0.2, -0.15) is 0 Å². The number of aliphatic hydroxyl groups excluding tert-OH is 1. The van der Waals surface area contributed by atoms with Crippen molar-refractivity contribution in [3.63, 3.8) is 0 Å². The quantitative estimate of drug-likeness (QED) is 0.346. The van der Waals surface area contributed by atoms with Gasteiger partial charge >= 0.3 is 0 Å². The van der Waals surface area contributed by atoms with Gasteiger partial charge in [-0.3, -0.25) is 4.79 Å². The molecule has 0 saturated carbocycles. The highest BCUT2D eigenvalue weighted by atomic mass is 32.2. The van der Waals surface area contributed by atoms with Gasteiger partial charge in [0, 0.05) is 19.3 Å². The maximum atomic E-state index is 10.7. The maximum Gasteiger partial charge on any atom is 0.185 e. The van der Waals surface area contributed by atoms with Crippen LogP contribution in [0, 0.1) is 0 Å². The van der Waals surface area contributed by atoms with Crippen molar-refractivity contribution in [1.29, 1.82) is 0 Å². The number of carbonyl (C=O) groups excluding carboxylic acids is 1. The van der Waals surface area contributed by atoms with Crippen LogP contribution >= 0.6 is 11.8 Å². The SMILES string of the molecule is CC(=O)SCCCCC/C=C/CCCCOCCOCCO. The Morgan fingerprint density at radius 3 is 2.18 bits per heavy atom. The standard InChI is InChI=1S/C17H32O4S/c1-17(19)22-16-10-8-6-4-2-3-5-7-9-12-20-14-15-21-13-11-18/h2-3,18H,4-16H2,1H3/b3-2+. The van der Waals surface area contributed by atoms with Crippen LogP contribution in [0.4, 0.5) is 0 Å². The summed E-state index contributed by atoms with van der Waals surface area (Å²) in [6, 6.07) is 0. The third-order valence-corrected chi connectivity index (χ3v) is 3.90. The third kappa shape index (κ3) is 19.6. The molecule has 0 aromatic carbocycles. The first-order chi connectivity index (χ1) is 10.8. The molecule has 0 aliphatic carbocycles. The Bertz CT molecular complexity index is 269. The van der Waals surface area contributed by atoms with Gasteiger partial charge in [-0.15, -0.1) is 0 Å². The smallest absolute Gasteiger partial charge is 0.185 e. The number of allylic oxidation sites excluding steroid dienone is 2. The summed E-state index contributed by atoms with van der Waals surface area (Å²) in [5.41, 5.74) is 0. The first kappa shape index (κ1) is 21.6. The molecule has 0 radical (unpaired) electrons. The lowest BCUT2D eigenvalue weighted by Crippen LogP contribution is -2.07. The summed E-state index contributed by atoms with van der Waals surface area (Å²) in [5.74, 6) is 0.962. The van der Waals surface area contributed by atoms with E-state index in [1.807, 2.05) is 0 Å². The van der Waals surface area contributed by atoms with Crippen LogP contribution in [0.5, 0.6) is 0 Å². The van der Waals surface area contributed by atoms with E-state index in [1.165, 1.54) is 24.6 Å². The van der Waals surface area contributed by atoms with Crippen molar-refractivity contribution in [2.75, 3.05) is 38.8 Å². The fourth-order valence-electron chi connectivity index (χ4n) is 1.85. The number of hydrogen-bond acceptors (Lipinski definition) is 5. The van der Waals surface area contributed by atoms with Crippen LogP contribution < -0.4 is 0 Å². The van der Waals surface area contributed by atoms with E-state index in [4.69, 9.17) is 14.6 Å². The first-order valence-corrected chi connectivity index (χ1v) is 9.30. The van der Waals surface area contributed by atoms with Gasteiger partial charge in [0.25, 0.3) is 0 Å². The summed E-state index contributed by atoms with van der Waals surface area (Å²) in [7, 11) is 0. The predicted octanol–water partition coefficient (Wildman–Crippen LogP) is 3.58. The zero-order valence-corrected chi connectivity index (χ0v) is 14.7. The molecule has 0 unspecified atom stereocenters.